The Labute approximate surface area is 191 Å². The van der Waals surface area contributed by atoms with E-state index in [1.807, 2.05) is 6.92 Å². The summed E-state index contributed by atoms with van der Waals surface area (Å²) < 4.78 is 16.5. The molecule has 32 heavy (non-hydrogen) atoms. The van der Waals surface area contributed by atoms with Crippen LogP contribution in [-0.2, 0) is 25.7 Å². The molecule has 0 bridgehead atoms. The van der Waals surface area contributed by atoms with E-state index in [4.69, 9.17) is 14.2 Å². The number of thioether (sulfide) groups is 1. The minimum atomic E-state index is -2.49. The molecular weight excluding hydrogens is 438 g/mol. The Bertz CT molecular complexity index is 923. The third-order valence-electron chi connectivity index (χ3n) is 6.77. The molecule has 3 unspecified atom stereocenters. The van der Waals surface area contributed by atoms with Crippen molar-refractivity contribution in [2.24, 2.45) is 5.41 Å². The van der Waals surface area contributed by atoms with Crippen molar-refractivity contribution in [3.8, 4) is 11.5 Å². The Balaban J connectivity index is 2.13. The number of carboxylic acids is 2. The number of amides is 1. The highest BCUT2D eigenvalue weighted by atomic mass is 32.2. The van der Waals surface area contributed by atoms with Crippen molar-refractivity contribution in [2.45, 2.75) is 55.9 Å². The van der Waals surface area contributed by atoms with Gasteiger partial charge in [-0.15, -0.1) is 11.8 Å². The van der Waals surface area contributed by atoms with Crippen LogP contribution in [0.15, 0.2) is 18.2 Å². The Hall–Kier alpha value is -2.46. The quantitative estimate of drug-likeness (QED) is 0.417. The van der Waals surface area contributed by atoms with Crippen molar-refractivity contribution in [3.05, 3.63) is 23.8 Å². The minimum Gasteiger partial charge on any atom is -0.497 e. The third-order valence-corrected chi connectivity index (χ3v) is 8.49. The molecule has 3 atom stereocenters. The van der Waals surface area contributed by atoms with Crippen LogP contribution in [0.25, 0.3) is 0 Å². The molecule has 1 aromatic rings. The van der Waals surface area contributed by atoms with E-state index < -0.39 is 33.7 Å². The monoisotopic (exact) mass is 467 g/mol. The van der Waals surface area contributed by atoms with Gasteiger partial charge in [0, 0.05) is 16.9 Å². The van der Waals surface area contributed by atoms with E-state index in [1.165, 1.54) is 26.0 Å². The summed E-state index contributed by atoms with van der Waals surface area (Å²) in [4.78, 5) is 38.7. The van der Waals surface area contributed by atoms with Gasteiger partial charge in [-0.1, -0.05) is 13.8 Å². The highest BCUT2D eigenvalue weighted by Gasteiger charge is 2.85. The van der Waals surface area contributed by atoms with E-state index in [2.05, 4.69) is 0 Å². The maximum Gasteiger partial charge on any atom is 0.342 e. The number of carboxylic acid groups (broad SMARTS) is 2. The van der Waals surface area contributed by atoms with E-state index in [0.717, 1.165) is 11.3 Å². The summed E-state index contributed by atoms with van der Waals surface area (Å²) in [5.41, 5.74) is -3.80. The number of nitrogens with zero attached hydrogens (tertiary/aromatic N) is 1. The second-order valence-electron chi connectivity index (χ2n) is 8.05. The van der Waals surface area contributed by atoms with Crippen LogP contribution in [0.3, 0.4) is 0 Å². The standard InChI is InChI=1S/C22H29NO8S/c1-6-15-12-31-20(3,32-15)21(7-2)17(24)23(22(21,18(25)26)19(27)28)11-13-8-9-14(29-4)10-16(13)30-5/h8-10,15H,6-7,11-12H2,1-5H3,(H,25,26)(H,27,28). The van der Waals surface area contributed by atoms with Crippen molar-refractivity contribution in [1.82, 2.24) is 4.90 Å². The smallest absolute Gasteiger partial charge is 0.342 e. The SMILES string of the molecule is CCC1COC(C)(C2(CC)C(=O)N(Cc3ccc(OC)cc3OC)C2(C(=O)O)C(=O)O)S1. The Morgan fingerprint density at radius 2 is 1.88 bits per heavy atom. The zero-order valence-electron chi connectivity index (χ0n) is 18.8. The van der Waals surface area contributed by atoms with Crippen LogP contribution < -0.4 is 9.47 Å². The third kappa shape index (κ3) is 2.99. The number of aliphatic carboxylic acids is 2. The van der Waals surface area contributed by atoms with E-state index in [-0.39, 0.29) is 18.2 Å². The first kappa shape index (κ1) is 24.2. The number of rotatable bonds is 9. The van der Waals surface area contributed by atoms with Crippen molar-refractivity contribution in [1.29, 1.82) is 0 Å². The van der Waals surface area contributed by atoms with E-state index in [9.17, 15) is 24.6 Å². The molecule has 0 saturated carbocycles. The molecule has 2 aliphatic rings. The fourth-order valence-corrected chi connectivity index (χ4v) is 6.72. The zero-order valence-corrected chi connectivity index (χ0v) is 19.7. The number of carbonyl (C=O) groups is 3. The Morgan fingerprint density at radius 3 is 2.34 bits per heavy atom. The average molecular weight is 468 g/mol. The summed E-state index contributed by atoms with van der Waals surface area (Å²) in [5, 5.41) is 20.7. The number of benzene rings is 1. The topological polar surface area (TPSA) is 123 Å². The molecule has 1 aromatic carbocycles. The molecule has 10 heteroatoms. The maximum absolute atomic E-state index is 13.7. The summed E-state index contributed by atoms with van der Waals surface area (Å²) in [5.74, 6) is -2.87. The van der Waals surface area contributed by atoms with E-state index in [1.54, 1.807) is 32.0 Å². The lowest BCUT2D eigenvalue weighted by Crippen LogP contribution is -2.88. The molecule has 1 amide bonds. The van der Waals surface area contributed by atoms with Crippen molar-refractivity contribution in [2.75, 3.05) is 20.8 Å². The van der Waals surface area contributed by atoms with Crippen molar-refractivity contribution < 1.29 is 38.8 Å². The molecule has 2 fully saturated rings. The van der Waals surface area contributed by atoms with Gasteiger partial charge in [0.2, 0.25) is 5.91 Å². The van der Waals surface area contributed by atoms with Crippen LogP contribution in [0.1, 0.15) is 39.2 Å². The minimum absolute atomic E-state index is 0.000610. The number of hydrogen-bond acceptors (Lipinski definition) is 7. The first-order valence-electron chi connectivity index (χ1n) is 10.4. The summed E-state index contributed by atoms with van der Waals surface area (Å²) in [7, 11) is 2.93. The van der Waals surface area contributed by atoms with Crippen molar-refractivity contribution >= 4 is 29.6 Å². The predicted molar refractivity (Wildman–Crippen MR) is 117 cm³/mol. The molecule has 2 heterocycles. The van der Waals surface area contributed by atoms with Crippen LogP contribution in [-0.4, -0.2) is 69.5 Å². The second kappa shape index (κ2) is 8.47. The highest BCUT2D eigenvalue weighted by Crippen LogP contribution is 2.65. The van der Waals surface area contributed by atoms with Gasteiger partial charge in [-0.05, 0) is 31.9 Å². The molecule has 0 radical (unpaired) electrons. The van der Waals surface area contributed by atoms with Gasteiger partial charge in [0.1, 0.15) is 21.8 Å². The number of β-lactam (4-membered cyclic amide) rings is 1. The lowest BCUT2D eigenvalue weighted by atomic mass is 9.55. The number of likely N-dealkylation sites (tertiary alicyclic amines) is 1. The fraction of sp³-hybridized carbons (Fsp3) is 0.591. The van der Waals surface area contributed by atoms with Gasteiger partial charge in [0.05, 0.1) is 27.4 Å². The first-order chi connectivity index (χ1) is 15.1. The molecule has 2 saturated heterocycles. The van der Waals surface area contributed by atoms with Crippen LogP contribution in [0.2, 0.25) is 0 Å². The number of methoxy groups -OCH3 is 2. The fourth-order valence-electron chi connectivity index (χ4n) is 5.06. The van der Waals surface area contributed by atoms with Gasteiger partial charge in [0.25, 0.3) is 5.54 Å². The van der Waals surface area contributed by atoms with Gasteiger partial charge >= 0.3 is 11.9 Å². The largest absolute Gasteiger partial charge is 0.497 e. The van der Waals surface area contributed by atoms with E-state index >= 15 is 0 Å². The van der Waals surface area contributed by atoms with Crippen LogP contribution in [0.4, 0.5) is 0 Å². The summed E-state index contributed by atoms with van der Waals surface area (Å²) in [6.45, 7) is 5.33. The highest BCUT2D eigenvalue weighted by molar-refractivity contribution is 8.01. The molecule has 2 N–H and O–H groups in total. The van der Waals surface area contributed by atoms with Gasteiger partial charge < -0.3 is 29.3 Å². The number of carbonyl (C=O) groups excluding carboxylic acids is 1. The molecule has 2 aliphatic heterocycles. The Kier molecular flexibility index (Phi) is 6.41. The lowest BCUT2D eigenvalue weighted by Gasteiger charge is -2.64. The van der Waals surface area contributed by atoms with Crippen LogP contribution in [0.5, 0.6) is 11.5 Å². The normalized spacial score (nSPS) is 28.8. The average Bonchev–Trinajstić information content (AvgIpc) is 3.16. The first-order valence-corrected chi connectivity index (χ1v) is 11.3. The Morgan fingerprint density at radius 1 is 1.22 bits per heavy atom. The van der Waals surface area contributed by atoms with Crippen LogP contribution >= 0.6 is 11.8 Å². The predicted octanol–water partition coefficient (Wildman–Crippen LogP) is 2.61. The van der Waals surface area contributed by atoms with E-state index in [0.29, 0.717) is 23.7 Å². The van der Waals surface area contributed by atoms with Gasteiger partial charge in [-0.3, -0.25) is 4.79 Å². The zero-order chi connectivity index (χ0) is 23.9. The molecule has 0 spiro atoms. The van der Waals surface area contributed by atoms with Gasteiger partial charge in [0.15, 0.2) is 0 Å². The van der Waals surface area contributed by atoms with Gasteiger partial charge in [-0.2, -0.15) is 0 Å². The molecular formula is C22H29NO8S. The molecule has 9 nitrogen and oxygen atoms in total. The van der Waals surface area contributed by atoms with Crippen molar-refractivity contribution in [3.63, 3.8) is 0 Å². The van der Waals surface area contributed by atoms with Crippen LogP contribution in [0, 0.1) is 5.41 Å². The molecule has 3 rings (SSSR count). The molecule has 0 aliphatic carbocycles. The summed E-state index contributed by atoms with van der Waals surface area (Å²) >= 11 is 1.34. The molecule has 0 aromatic heterocycles. The van der Waals surface area contributed by atoms with Gasteiger partial charge in [-0.25, -0.2) is 9.59 Å². The second-order valence-corrected chi connectivity index (χ2v) is 9.73. The summed E-state index contributed by atoms with van der Waals surface area (Å²) in [6.07, 6.45) is 0.759. The lowest BCUT2D eigenvalue weighted by molar-refractivity contribution is -0.237. The number of hydrogen-bond donors (Lipinski definition) is 2. The number of ether oxygens (including phenoxy) is 3. The molecule has 176 valence electrons. The summed E-state index contributed by atoms with van der Waals surface area (Å²) in [6, 6.07) is 4.86. The maximum atomic E-state index is 13.7.